The lowest BCUT2D eigenvalue weighted by Gasteiger charge is -2.09. The number of aryl methyl sites for hydroxylation is 1. The quantitative estimate of drug-likeness (QED) is 0.806. The fourth-order valence-electron chi connectivity index (χ4n) is 0.823. The fourth-order valence-corrected chi connectivity index (χ4v) is 1.11. The molecule has 0 unspecified atom stereocenters. The van der Waals surface area contributed by atoms with E-state index in [1.807, 2.05) is 0 Å². The summed E-state index contributed by atoms with van der Waals surface area (Å²) in [7, 11) is 0. The number of nitrogens with one attached hydrogen (secondary N) is 1. The Hall–Kier alpha value is -0.730. The lowest BCUT2D eigenvalue weighted by Crippen LogP contribution is -2.20. The highest BCUT2D eigenvalue weighted by molar-refractivity contribution is 14.1. The highest BCUT2D eigenvalue weighted by Gasteiger charge is 2.31. The molecule has 0 spiro atoms. The third-order valence-corrected chi connectivity index (χ3v) is 2.68. The van der Waals surface area contributed by atoms with Gasteiger partial charge in [-0.15, -0.1) is 13.2 Å². The van der Waals surface area contributed by atoms with Crippen molar-refractivity contribution in [1.82, 2.24) is 4.98 Å². The van der Waals surface area contributed by atoms with Gasteiger partial charge in [-0.2, -0.15) is 0 Å². The summed E-state index contributed by atoms with van der Waals surface area (Å²) >= 11 is 1.74. The third kappa shape index (κ3) is 2.89. The van der Waals surface area contributed by atoms with Gasteiger partial charge in [0.25, 0.3) is 0 Å². The van der Waals surface area contributed by atoms with Crippen molar-refractivity contribution in [3.63, 3.8) is 0 Å². The van der Waals surface area contributed by atoms with E-state index in [9.17, 15) is 18.0 Å². The van der Waals surface area contributed by atoms with Gasteiger partial charge in [0, 0.05) is 11.8 Å². The van der Waals surface area contributed by atoms with Gasteiger partial charge in [-0.3, -0.25) is 4.79 Å². The van der Waals surface area contributed by atoms with Gasteiger partial charge in [0.15, 0.2) is 5.43 Å². The molecule has 1 N–H and O–H groups in total. The number of ether oxygens (including phenoxy) is 1. The zero-order valence-electron chi connectivity index (χ0n) is 6.91. The summed E-state index contributed by atoms with van der Waals surface area (Å²) in [5, 5.41) is 0. The van der Waals surface area contributed by atoms with Crippen molar-refractivity contribution < 1.29 is 17.9 Å². The maximum atomic E-state index is 11.8. The SMILES string of the molecule is Cc1[nH]c(OC(F)(F)F)cc(=O)c1I. The number of H-pyrrole nitrogens is 1. The van der Waals surface area contributed by atoms with E-state index >= 15 is 0 Å². The van der Waals surface area contributed by atoms with Gasteiger partial charge >= 0.3 is 6.36 Å². The molecule has 0 saturated heterocycles. The van der Waals surface area contributed by atoms with Gasteiger partial charge in [0.05, 0.1) is 3.57 Å². The molecule has 0 aliphatic heterocycles. The van der Waals surface area contributed by atoms with Gasteiger partial charge in [-0.1, -0.05) is 0 Å². The Morgan fingerprint density at radius 1 is 1.50 bits per heavy atom. The maximum absolute atomic E-state index is 11.8. The summed E-state index contributed by atoms with van der Waals surface area (Å²) in [4.78, 5) is 13.4. The Balaban J connectivity index is 3.08. The normalized spacial score (nSPS) is 11.5. The van der Waals surface area contributed by atoms with Crippen molar-refractivity contribution >= 4 is 22.6 Å². The molecule has 1 heterocycles. The van der Waals surface area contributed by atoms with E-state index in [0.717, 1.165) is 6.07 Å². The van der Waals surface area contributed by atoms with E-state index in [1.165, 1.54) is 6.92 Å². The van der Waals surface area contributed by atoms with Crippen LogP contribution in [-0.2, 0) is 0 Å². The van der Waals surface area contributed by atoms with Crippen molar-refractivity contribution in [2.24, 2.45) is 0 Å². The molecule has 14 heavy (non-hydrogen) atoms. The minimum atomic E-state index is -4.79. The Morgan fingerprint density at radius 2 is 2.07 bits per heavy atom. The first-order chi connectivity index (χ1) is 6.29. The van der Waals surface area contributed by atoms with Crippen LogP contribution in [0.15, 0.2) is 10.9 Å². The number of rotatable bonds is 1. The molecule has 78 valence electrons. The predicted octanol–water partition coefficient (Wildman–Crippen LogP) is 2.19. The number of aromatic nitrogens is 1. The molecule has 0 aliphatic carbocycles. The van der Waals surface area contributed by atoms with Crippen LogP contribution in [0.5, 0.6) is 5.88 Å². The average Bonchev–Trinajstić information content (AvgIpc) is 1.96. The summed E-state index contributed by atoms with van der Waals surface area (Å²) in [6.45, 7) is 1.49. The molecule has 3 nitrogen and oxygen atoms in total. The van der Waals surface area contributed by atoms with Crippen LogP contribution < -0.4 is 10.2 Å². The highest BCUT2D eigenvalue weighted by Crippen LogP contribution is 2.20. The lowest BCUT2D eigenvalue weighted by atomic mass is 10.4. The Bertz CT molecular complexity index is 399. The van der Waals surface area contributed by atoms with Gasteiger partial charge in [-0.05, 0) is 29.5 Å². The fraction of sp³-hybridized carbons (Fsp3) is 0.286. The van der Waals surface area contributed by atoms with Crippen LogP contribution >= 0.6 is 22.6 Å². The van der Waals surface area contributed by atoms with Crippen molar-refractivity contribution in [3.05, 3.63) is 25.6 Å². The van der Waals surface area contributed by atoms with Crippen LogP contribution in [0.2, 0.25) is 0 Å². The van der Waals surface area contributed by atoms with Crippen LogP contribution in [0.3, 0.4) is 0 Å². The van der Waals surface area contributed by atoms with E-state index < -0.39 is 17.7 Å². The van der Waals surface area contributed by atoms with E-state index in [4.69, 9.17) is 0 Å². The topological polar surface area (TPSA) is 42.1 Å². The van der Waals surface area contributed by atoms with Gasteiger partial charge in [-0.25, -0.2) is 0 Å². The molecule has 0 atom stereocenters. The first kappa shape index (κ1) is 11.3. The molecule has 0 aliphatic rings. The molecule has 1 aromatic heterocycles. The maximum Gasteiger partial charge on any atom is 0.574 e. The van der Waals surface area contributed by atoms with Crippen molar-refractivity contribution in [3.8, 4) is 5.88 Å². The zero-order chi connectivity index (χ0) is 10.9. The smallest absolute Gasteiger partial charge is 0.390 e. The van der Waals surface area contributed by atoms with Crippen molar-refractivity contribution in [2.75, 3.05) is 0 Å². The molecule has 0 fully saturated rings. The molecule has 0 saturated carbocycles. The van der Waals surface area contributed by atoms with Gasteiger partial charge in [0.1, 0.15) is 0 Å². The van der Waals surface area contributed by atoms with Crippen LogP contribution in [0.25, 0.3) is 0 Å². The van der Waals surface area contributed by atoms with E-state index in [2.05, 4.69) is 9.72 Å². The molecule has 0 aromatic carbocycles. The Morgan fingerprint density at radius 3 is 2.50 bits per heavy atom. The van der Waals surface area contributed by atoms with E-state index in [1.54, 1.807) is 22.6 Å². The molecular weight excluding hydrogens is 314 g/mol. The Labute approximate surface area is 90.4 Å². The molecule has 1 rings (SSSR count). The summed E-state index contributed by atoms with van der Waals surface area (Å²) in [6, 6.07) is 0.766. The molecule has 1 aromatic rings. The molecule has 7 heteroatoms. The van der Waals surface area contributed by atoms with Gasteiger partial charge < -0.3 is 9.72 Å². The average molecular weight is 319 g/mol. The Kier molecular flexibility index (Phi) is 3.07. The molecule has 0 amide bonds. The van der Waals surface area contributed by atoms with Gasteiger partial charge in [0.2, 0.25) is 5.88 Å². The zero-order valence-corrected chi connectivity index (χ0v) is 9.06. The van der Waals surface area contributed by atoms with Crippen LogP contribution in [0.1, 0.15) is 5.69 Å². The summed E-state index contributed by atoms with van der Waals surface area (Å²) in [5.41, 5.74) is -0.154. The number of halogens is 4. The first-order valence-electron chi connectivity index (χ1n) is 3.45. The summed E-state index contributed by atoms with van der Waals surface area (Å²) in [6.07, 6.45) is -4.79. The predicted molar refractivity (Wildman–Crippen MR) is 51.2 cm³/mol. The summed E-state index contributed by atoms with van der Waals surface area (Å²) < 4.78 is 39.2. The molecule has 0 radical (unpaired) electrons. The number of hydrogen-bond acceptors (Lipinski definition) is 2. The number of pyridine rings is 1. The number of alkyl halides is 3. The standard InChI is InChI=1S/C7H5F3INO2/c1-3-6(11)4(13)2-5(12-3)14-7(8,9)10/h2H,1H3,(H,12,13). The summed E-state index contributed by atoms with van der Waals surface area (Å²) in [5.74, 6) is -0.597. The number of hydrogen-bond donors (Lipinski definition) is 1. The lowest BCUT2D eigenvalue weighted by molar-refractivity contribution is -0.276. The number of aromatic amines is 1. The van der Waals surface area contributed by atoms with Crippen LogP contribution in [0.4, 0.5) is 13.2 Å². The third-order valence-electron chi connectivity index (χ3n) is 1.34. The van der Waals surface area contributed by atoms with E-state index in [-0.39, 0.29) is 0 Å². The van der Waals surface area contributed by atoms with Crippen LogP contribution in [0, 0.1) is 10.5 Å². The second-order valence-electron chi connectivity index (χ2n) is 2.48. The van der Waals surface area contributed by atoms with Crippen LogP contribution in [-0.4, -0.2) is 11.3 Å². The minimum absolute atomic E-state index is 0.345. The second-order valence-corrected chi connectivity index (χ2v) is 3.56. The highest BCUT2D eigenvalue weighted by atomic mass is 127. The van der Waals surface area contributed by atoms with Crippen molar-refractivity contribution in [1.29, 1.82) is 0 Å². The largest absolute Gasteiger partial charge is 0.574 e. The van der Waals surface area contributed by atoms with Crippen molar-refractivity contribution in [2.45, 2.75) is 13.3 Å². The first-order valence-corrected chi connectivity index (χ1v) is 4.52. The van der Waals surface area contributed by atoms with E-state index in [0.29, 0.717) is 9.26 Å². The molecule has 0 bridgehead atoms. The molecular formula is C7H5F3INO2. The monoisotopic (exact) mass is 319 g/mol. The second kappa shape index (κ2) is 3.79. The minimum Gasteiger partial charge on any atom is -0.390 e.